The molecule has 1 aliphatic carbocycles. The number of aliphatic hydroxyl groups excluding tert-OH is 1. The average Bonchev–Trinajstić information content (AvgIpc) is 3.67. The maximum Gasteiger partial charge on any atom is 0.260 e. The number of alkyl halides is 1. The van der Waals surface area contributed by atoms with E-state index >= 15 is 13.2 Å². The van der Waals surface area contributed by atoms with Crippen LogP contribution in [-0.4, -0.2) is 58.7 Å². The first-order valence-corrected chi connectivity index (χ1v) is 13.6. The van der Waals surface area contributed by atoms with E-state index in [-0.39, 0.29) is 58.5 Å². The zero-order chi connectivity index (χ0) is 30.1. The number of nitrogens with one attached hydrogen (secondary N) is 1. The van der Waals surface area contributed by atoms with Gasteiger partial charge < -0.3 is 20.2 Å². The Bertz CT molecular complexity index is 1640. The summed E-state index contributed by atoms with van der Waals surface area (Å²) in [6.45, 7) is 0.572. The molecule has 2 amide bonds. The molecule has 7 nitrogen and oxygen atoms in total. The van der Waals surface area contributed by atoms with Crippen LogP contribution in [0.2, 0.25) is 5.02 Å². The summed E-state index contributed by atoms with van der Waals surface area (Å²) in [7, 11) is 0. The molecular weight excluding hydrogens is 583 g/mol. The topological polar surface area (TPSA) is 85.8 Å². The Balaban J connectivity index is 1.40. The molecule has 2 aromatic carbocycles. The van der Waals surface area contributed by atoms with Crippen molar-refractivity contribution in [1.29, 1.82) is 0 Å². The molecule has 1 aromatic heterocycles. The largest absolute Gasteiger partial charge is 0.392 e. The molecule has 1 saturated heterocycles. The number of hydrogen-bond acceptors (Lipinski definition) is 5. The SMILES string of the molecule is C[C@]1(c2cccc(Cl)c2F)CN(c2cc(F)c(CO)cc2F)C(=O)c2cnc(NC3CN(C(=O)[C@@H]4C[C@@H]4F)C3)c(F)c21. The van der Waals surface area contributed by atoms with Gasteiger partial charge in [-0.1, -0.05) is 23.7 Å². The summed E-state index contributed by atoms with van der Waals surface area (Å²) >= 11 is 6.06. The van der Waals surface area contributed by atoms with Crippen LogP contribution < -0.4 is 10.2 Å². The molecular formula is C29H24ClF5N4O3. The number of halogens is 6. The van der Waals surface area contributed by atoms with Crippen LogP contribution in [-0.2, 0) is 16.8 Å². The van der Waals surface area contributed by atoms with Crippen LogP contribution >= 0.6 is 11.6 Å². The Kier molecular flexibility index (Phi) is 6.88. The lowest BCUT2D eigenvalue weighted by atomic mass is 9.71. The van der Waals surface area contributed by atoms with Crippen LogP contribution in [0.4, 0.5) is 33.5 Å². The van der Waals surface area contributed by atoms with E-state index in [1.54, 1.807) is 0 Å². The minimum atomic E-state index is -1.66. The number of fused-ring (bicyclic) bond motifs is 1. The molecule has 0 unspecified atom stereocenters. The summed E-state index contributed by atoms with van der Waals surface area (Å²) in [5.74, 6) is -5.91. The van der Waals surface area contributed by atoms with E-state index < -0.39 is 71.6 Å². The molecule has 3 heterocycles. The molecule has 3 aliphatic rings. The number of amides is 2. The van der Waals surface area contributed by atoms with Gasteiger partial charge in [-0.05, 0) is 25.5 Å². The van der Waals surface area contributed by atoms with Gasteiger partial charge in [-0.25, -0.2) is 26.9 Å². The highest BCUT2D eigenvalue weighted by Crippen LogP contribution is 2.45. The third-order valence-electron chi connectivity index (χ3n) is 8.21. The van der Waals surface area contributed by atoms with Gasteiger partial charge in [-0.15, -0.1) is 0 Å². The molecule has 2 N–H and O–H groups in total. The van der Waals surface area contributed by atoms with E-state index in [1.807, 2.05) is 0 Å². The molecule has 0 bridgehead atoms. The first-order valence-electron chi connectivity index (χ1n) is 13.2. The summed E-state index contributed by atoms with van der Waals surface area (Å²) in [4.78, 5) is 32.3. The Morgan fingerprint density at radius 1 is 1.17 bits per heavy atom. The maximum absolute atomic E-state index is 16.3. The number of nitrogens with zero attached hydrogens (tertiary/aromatic N) is 3. The number of aliphatic hydroxyl groups is 1. The molecule has 13 heteroatoms. The first-order chi connectivity index (χ1) is 19.9. The summed E-state index contributed by atoms with van der Waals surface area (Å²) in [6.07, 6.45) is 0.134. The third kappa shape index (κ3) is 4.48. The van der Waals surface area contributed by atoms with Crippen molar-refractivity contribution in [3.05, 3.63) is 87.1 Å². The minimum Gasteiger partial charge on any atom is -0.392 e. The van der Waals surface area contributed by atoms with Crippen molar-refractivity contribution in [2.75, 3.05) is 29.9 Å². The second-order valence-electron chi connectivity index (χ2n) is 11.0. The highest BCUT2D eigenvalue weighted by Gasteiger charge is 2.49. The van der Waals surface area contributed by atoms with Crippen molar-refractivity contribution >= 4 is 34.9 Å². The number of likely N-dealkylation sites (tertiary alicyclic amines) is 1. The Morgan fingerprint density at radius 3 is 2.55 bits per heavy atom. The lowest BCUT2D eigenvalue weighted by Crippen LogP contribution is -2.58. The van der Waals surface area contributed by atoms with Gasteiger partial charge in [-0.3, -0.25) is 9.59 Å². The Morgan fingerprint density at radius 2 is 1.88 bits per heavy atom. The van der Waals surface area contributed by atoms with E-state index in [1.165, 1.54) is 30.0 Å². The Labute approximate surface area is 241 Å². The number of anilines is 2. The maximum atomic E-state index is 16.3. The van der Waals surface area contributed by atoms with Crippen molar-refractivity contribution in [3.8, 4) is 0 Å². The monoisotopic (exact) mass is 606 g/mol. The van der Waals surface area contributed by atoms with Gasteiger partial charge in [0.2, 0.25) is 5.91 Å². The fraction of sp³-hybridized carbons (Fsp3) is 0.345. The standard InChI is InChI=1S/C29H24ClF5N4O3/c1-29(17-3-2-4-18(30)24(17)34)12-39(22-7-19(31)13(11-40)5-21(22)33)28(42)16-8-36-26(25(35)23(16)29)37-14-9-38(10-14)27(41)15-6-20(15)32/h2-5,7-8,14-15,20,40H,6,9-12H2,1H3,(H,36,37)/t15-,20+,29-/m1/s1. The van der Waals surface area contributed by atoms with E-state index in [0.29, 0.717) is 0 Å². The van der Waals surface area contributed by atoms with Gasteiger partial charge in [0.25, 0.3) is 5.91 Å². The van der Waals surface area contributed by atoms with Crippen LogP contribution in [0, 0.1) is 29.2 Å². The van der Waals surface area contributed by atoms with Gasteiger partial charge in [0.1, 0.15) is 23.6 Å². The van der Waals surface area contributed by atoms with Gasteiger partial charge in [0, 0.05) is 54.0 Å². The van der Waals surface area contributed by atoms with Crippen molar-refractivity contribution in [2.24, 2.45) is 5.92 Å². The average molecular weight is 607 g/mol. The molecule has 3 aromatic rings. The lowest BCUT2D eigenvalue weighted by molar-refractivity contribution is -0.136. The summed E-state index contributed by atoms with van der Waals surface area (Å²) in [5.41, 5.74) is -3.09. The van der Waals surface area contributed by atoms with Crippen LogP contribution in [0.3, 0.4) is 0 Å². The number of hydrogen-bond donors (Lipinski definition) is 2. The van der Waals surface area contributed by atoms with Gasteiger partial charge in [0.15, 0.2) is 11.6 Å². The van der Waals surface area contributed by atoms with Crippen molar-refractivity contribution in [2.45, 2.75) is 37.6 Å². The van der Waals surface area contributed by atoms with Crippen molar-refractivity contribution < 1.29 is 36.6 Å². The summed E-state index contributed by atoms with van der Waals surface area (Å²) in [6, 6.07) is 5.20. The smallest absolute Gasteiger partial charge is 0.260 e. The van der Waals surface area contributed by atoms with Crippen LogP contribution in [0.25, 0.3) is 0 Å². The van der Waals surface area contributed by atoms with E-state index in [0.717, 1.165) is 23.2 Å². The van der Waals surface area contributed by atoms with Crippen molar-refractivity contribution in [3.63, 3.8) is 0 Å². The van der Waals surface area contributed by atoms with Gasteiger partial charge >= 0.3 is 0 Å². The molecule has 220 valence electrons. The quantitative estimate of drug-likeness (QED) is 0.397. The molecule has 3 atom stereocenters. The molecule has 0 spiro atoms. The van der Waals surface area contributed by atoms with Gasteiger partial charge in [-0.2, -0.15) is 0 Å². The fourth-order valence-electron chi connectivity index (χ4n) is 5.75. The normalized spacial score (nSPS) is 23.5. The number of carbonyl (C=O) groups is 2. The number of carbonyl (C=O) groups excluding carboxylic acids is 2. The summed E-state index contributed by atoms with van der Waals surface area (Å²) in [5, 5.41) is 11.9. The zero-order valence-electron chi connectivity index (χ0n) is 22.1. The fourth-order valence-corrected chi connectivity index (χ4v) is 5.92. The number of aromatic nitrogens is 1. The molecule has 2 aliphatic heterocycles. The first kappa shape index (κ1) is 28.4. The highest BCUT2D eigenvalue weighted by atomic mass is 35.5. The molecule has 0 radical (unpaired) electrons. The zero-order valence-corrected chi connectivity index (χ0v) is 22.9. The molecule has 1 saturated carbocycles. The van der Waals surface area contributed by atoms with Gasteiger partial charge in [0.05, 0.1) is 34.8 Å². The van der Waals surface area contributed by atoms with E-state index in [9.17, 15) is 23.5 Å². The van der Waals surface area contributed by atoms with E-state index in [2.05, 4.69) is 10.3 Å². The lowest BCUT2D eigenvalue weighted by Gasteiger charge is -2.43. The predicted octanol–water partition coefficient (Wildman–Crippen LogP) is 4.73. The number of rotatable bonds is 6. The molecule has 42 heavy (non-hydrogen) atoms. The minimum absolute atomic E-state index is 0.0942. The number of pyridine rings is 1. The second kappa shape index (κ2) is 10.2. The Hall–Kier alpha value is -3.77. The van der Waals surface area contributed by atoms with E-state index in [4.69, 9.17) is 11.6 Å². The highest BCUT2D eigenvalue weighted by molar-refractivity contribution is 6.30. The predicted molar refractivity (Wildman–Crippen MR) is 143 cm³/mol. The molecule has 6 rings (SSSR count). The van der Waals surface area contributed by atoms with Crippen molar-refractivity contribution in [1.82, 2.24) is 9.88 Å². The van der Waals surface area contributed by atoms with Crippen LogP contribution in [0.5, 0.6) is 0 Å². The van der Waals surface area contributed by atoms with Crippen LogP contribution in [0.1, 0.15) is 40.4 Å². The number of benzene rings is 2. The summed E-state index contributed by atoms with van der Waals surface area (Å²) < 4.78 is 74.8. The third-order valence-corrected chi connectivity index (χ3v) is 8.50. The second-order valence-corrected chi connectivity index (χ2v) is 11.4. The molecule has 2 fully saturated rings. The van der Waals surface area contributed by atoms with Crippen LogP contribution in [0.15, 0.2) is 36.5 Å².